The minimum Gasteiger partial charge on any atom is -0.358 e. The van der Waals surface area contributed by atoms with E-state index in [9.17, 15) is 0 Å². The predicted molar refractivity (Wildman–Crippen MR) is 89.5 cm³/mol. The topological polar surface area (TPSA) is 33.1 Å². The molecule has 4 rings (SSSR count). The summed E-state index contributed by atoms with van der Waals surface area (Å²) < 4.78 is 2.02. The van der Waals surface area contributed by atoms with Gasteiger partial charge in [-0.1, -0.05) is 25.4 Å². The molecule has 5 heteroatoms. The summed E-state index contributed by atoms with van der Waals surface area (Å²) in [7, 11) is 0. The van der Waals surface area contributed by atoms with Gasteiger partial charge >= 0.3 is 0 Å². The van der Waals surface area contributed by atoms with Gasteiger partial charge in [0, 0.05) is 39.9 Å². The smallest absolute Gasteiger partial charge is 0.194 e. The number of thiazole rings is 1. The number of halogens is 1. The number of hydrogen-bond donors (Lipinski definition) is 1. The van der Waals surface area contributed by atoms with E-state index in [0.29, 0.717) is 5.92 Å². The first-order chi connectivity index (χ1) is 10.1. The fraction of sp³-hybridized carbons (Fsp3) is 0.188. The molecule has 0 aliphatic rings. The summed E-state index contributed by atoms with van der Waals surface area (Å²) in [4.78, 5) is 9.09. The Hall–Kier alpha value is -1.78. The Morgan fingerprint density at radius 3 is 2.90 bits per heavy atom. The molecule has 0 atom stereocenters. The van der Waals surface area contributed by atoms with E-state index in [1.165, 1.54) is 5.69 Å². The lowest BCUT2D eigenvalue weighted by atomic mass is 10.1. The fourth-order valence-electron chi connectivity index (χ4n) is 2.54. The highest BCUT2D eigenvalue weighted by Crippen LogP contribution is 2.33. The van der Waals surface area contributed by atoms with Crippen molar-refractivity contribution in [3.63, 3.8) is 0 Å². The molecule has 0 aliphatic carbocycles. The van der Waals surface area contributed by atoms with Crippen LogP contribution in [0.15, 0.2) is 36.0 Å². The summed E-state index contributed by atoms with van der Waals surface area (Å²) in [6.45, 7) is 4.35. The van der Waals surface area contributed by atoms with Crippen LogP contribution in [0.2, 0.25) is 5.02 Å². The Balaban J connectivity index is 1.91. The van der Waals surface area contributed by atoms with Crippen molar-refractivity contribution in [1.82, 2.24) is 14.4 Å². The van der Waals surface area contributed by atoms with Gasteiger partial charge in [0.05, 0.1) is 10.7 Å². The highest BCUT2D eigenvalue weighted by atomic mass is 35.5. The molecule has 1 N–H and O–H groups in total. The first-order valence-corrected chi connectivity index (χ1v) is 8.12. The standard InChI is InChI=1S/C16H14ClN3S/c1-9(2)13-6-10-5-12(17)11(7-14(10)18-13)15-8-20-3-4-21-16(20)19-15/h3-9,18H,1-2H3. The Kier molecular flexibility index (Phi) is 2.84. The average Bonchev–Trinajstić information content (AvgIpc) is 3.09. The third-order valence-electron chi connectivity index (χ3n) is 3.72. The molecule has 1 aromatic carbocycles. The van der Waals surface area contributed by atoms with E-state index in [1.807, 2.05) is 28.2 Å². The van der Waals surface area contributed by atoms with Crippen molar-refractivity contribution in [2.45, 2.75) is 19.8 Å². The summed E-state index contributed by atoms with van der Waals surface area (Å²) in [6.07, 6.45) is 4.03. The number of imidazole rings is 1. The van der Waals surface area contributed by atoms with Crippen LogP contribution in [-0.2, 0) is 0 Å². The van der Waals surface area contributed by atoms with Crippen LogP contribution in [0.5, 0.6) is 0 Å². The summed E-state index contributed by atoms with van der Waals surface area (Å²) in [6, 6.07) is 6.28. The lowest BCUT2D eigenvalue weighted by Gasteiger charge is -2.01. The second-order valence-corrected chi connectivity index (χ2v) is 6.80. The molecule has 0 spiro atoms. The lowest BCUT2D eigenvalue weighted by molar-refractivity contribution is 0.836. The molecule has 0 radical (unpaired) electrons. The highest BCUT2D eigenvalue weighted by molar-refractivity contribution is 7.15. The summed E-state index contributed by atoms with van der Waals surface area (Å²) in [5.41, 5.74) is 4.21. The molecule has 0 amide bonds. The Morgan fingerprint density at radius 2 is 2.14 bits per heavy atom. The van der Waals surface area contributed by atoms with Gasteiger partial charge in [-0.15, -0.1) is 11.3 Å². The highest BCUT2D eigenvalue weighted by Gasteiger charge is 2.12. The average molecular weight is 316 g/mol. The largest absolute Gasteiger partial charge is 0.358 e. The zero-order valence-electron chi connectivity index (χ0n) is 11.7. The molecule has 3 heterocycles. The van der Waals surface area contributed by atoms with Crippen LogP contribution >= 0.6 is 22.9 Å². The van der Waals surface area contributed by atoms with Crippen molar-refractivity contribution >= 4 is 38.8 Å². The van der Waals surface area contributed by atoms with E-state index in [-0.39, 0.29) is 0 Å². The number of aromatic amines is 1. The van der Waals surface area contributed by atoms with Gasteiger partial charge in [-0.05, 0) is 24.1 Å². The Labute approximate surface area is 131 Å². The van der Waals surface area contributed by atoms with Crippen molar-refractivity contribution in [3.8, 4) is 11.3 Å². The normalized spacial score (nSPS) is 12.0. The van der Waals surface area contributed by atoms with Crippen molar-refractivity contribution in [1.29, 1.82) is 0 Å². The van der Waals surface area contributed by atoms with Crippen molar-refractivity contribution < 1.29 is 0 Å². The summed E-state index contributed by atoms with van der Waals surface area (Å²) in [5, 5.41) is 3.91. The van der Waals surface area contributed by atoms with Crippen LogP contribution in [0.1, 0.15) is 25.5 Å². The van der Waals surface area contributed by atoms with Crippen LogP contribution in [0.4, 0.5) is 0 Å². The minimum atomic E-state index is 0.470. The van der Waals surface area contributed by atoms with Crippen molar-refractivity contribution in [2.75, 3.05) is 0 Å². The maximum Gasteiger partial charge on any atom is 0.194 e. The van der Waals surface area contributed by atoms with E-state index >= 15 is 0 Å². The monoisotopic (exact) mass is 315 g/mol. The van der Waals surface area contributed by atoms with Crippen LogP contribution in [0, 0.1) is 0 Å². The van der Waals surface area contributed by atoms with Crippen molar-refractivity contribution in [3.05, 3.63) is 46.7 Å². The molecule has 3 nitrogen and oxygen atoms in total. The molecular formula is C16H14ClN3S. The second-order valence-electron chi connectivity index (χ2n) is 5.52. The second kappa shape index (κ2) is 4.61. The van der Waals surface area contributed by atoms with Crippen LogP contribution in [-0.4, -0.2) is 14.4 Å². The molecule has 0 saturated heterocycles. The van der Waals surface area contributed by atoms with Gasteiger partial charge < -0.3 is 4.98 Å². The molecule has 4 aromatic rings. The van der Waals surface area contributed by atoms with Crippen LogP contribution in [0.3, 0.4) is 0 Å². The number of hydrogen-bond acceptors (Lipinski definition) is 2. The number of nitrogens with zero attached hydrogens (tertiary/aromatic N) is 2. The summed E-state index contributed by atoms with van der Waals surface area (Å²) in [5.74, 6) is 0.470. The Bertz CT molecular complexity index is 917. The Morgan fingerprint density at radius 1 is 1.29 bits per heavy atom. The third kappa shape index (κ3) is 2.06. The third-order valence-corrected chi connectivity index (χ3v) is 4.80. The maximum absolute atomic E-state index is 6.46. The predicted octanol–water partition coefficient (Wildman–Crippen LogP) is 5.32. The number of benzene rings is 1. The zero-order chi connectivity index (χ0) is 14.6. The van der Waals surface area contributed by atoms with Gasteiger partial charge in [-0.3, -0.25) is 4.40 Å². The van der Waals surface area contributed by atoms with Gasteiger partial charge in [0.1, 0.15) is 0 Å². The lowest BCUT2D eigenvalue weighted by Crippen LogP contribution is -1.85. The fourth-order valence-corrected chi connectivity index (χ4v) is 3.51. The number of rotatable bonds is 2. The van der Waals surface area contributed by atoms with E-state index in [1.54, 1.807) is 11.3 Å². The number of H-pyrrole nitrogens is 1. The van der Waals surface area contributed by atoms with Crippen molar-refractivity contribution in [2.24, 2.45) is 0 Å². The number of fused-ring (bicyclic) bond motifs is 2. The molecular weight excluding hydrogens is 302 g/mol. The SMILES string of the molecule is CC(C)c1cc2cc(Cl)c(-c3cn4ccsc4n3)cc2[nH]1. The van der Waals surface area contributed by atoms with E-state index in [4.69, 9.17) is 11.6 Å². The van der Waals surface area contributed by atoms with Crippen LogP contribution in [0.25, 0.3) is 27.1 Å². The molecule has 21 heavy (non-hydrogen) atoms. The molecule has 0 fully saturated rings. The van der Waals surface area contributed by atoms with E-state index in [2.05, 4.69) is 35.9 Å². The molecule has 0 bridgehead atoms. The van der Waals surface area contributed by atoms with Gasteiger partial charge in [0.2, 0.25) is 0 Å². The van der Waals surface area contributed by atoms with Gasteiger partial charge in [-0.2, -0.15) is 0 Å². The number of aromatic nitrogens is 3. The first-order valence-electron chi connectivity index (χ1n) is 6.86. The van der Waals surface area contributed by atoms with E-state index in [0.717, 1.165) is 32.1 Å². The van der Waals surface area contributed by atoms with Gasteiger partial charge in [0.25, 0.3) is 0 Å². The molecule has 106 valence electrons. The van der Waals surface area contributed by atoms with Crippen LogP contribution < -0.4 is 0 Å². The molecule has 3 aromatic heterocycles. The maximum atomic E-state index is 6.46. The summed E-state index contributed by atoms with van der Waals surface area (Å²) >= 11 is 8.08. The zero-order valence-corrected chi connectivity index (χ0v) is 13.3. The van der Waals surface area contributed by atoms with E-state index < -0.39 is 0 Å². The number of nitrogens with one attached hydrogen (secondary N) is 1. The minimum absolute atomic E-state index is 0.470. The molecule has 0 unspecified atom stereocenters. The van der Waals surface area contributed by atoms with Gasteiger partial charge in [-0.25, -0.2) is 4.98 Å². The first kappa shape index (κ1) is 12.9. The molecule has 0 aliphatic heterocycles. The molecule has 0 saturated carbocycles. The van der Waals surface area contributed by atoms with Gasteiger partial charge in [0.15, 0.2) is 4.96 Å². The quantitative estimate of drug-likeness (QED) is 0.533.